The third kappa shape index (κ3) is 4.08. The van der Waals surface area contributed by atoms with E-state index in [-0.39, 0.29) is 0 Å². The highest BCUT2D eigenvalue weighted by atomic mass is 32.2. The van der Waals surface area contributed by atoms with Crippen molar-refractivity contribution in [3.63, 3.8) is 0 Å². The summed E-state index contributed by atoms with van der Waals surface area (Å²) >= 11 is 0. The number of aromatic nitrogens is 1. The normalized spacial score (nSPS) is 11.0. The highest BCUT2D eigenvalue weighted by molar-refractivity contribution is 7.89. The van der Waals surface area contributed by atoms with Crippen LogP contribution in [0.3, 0.4) is 0 Å². The molecule has 2 N–H and O–H groups in total. The fraction of sp³-hybridized carbons (Fsp3) is 0.0769. The van der Waals surface area contributed by atoms with E-state index in [1.807, 2.05) is 4.72 Å². The molecule has 11 heteroatoms. The second kappa shape index (κ2) is 7.10. The van der Waals surface area contributed by atoms with Gasteiger partial charge in [-0.2, -0.15) is 0 Å². The number of hydrogen-bond donors (Lipinski definition) is 2. The lowest BCUT2D eigenvalue weighted by molar-refractivity contribution is -0.388. The van der Waals surface area contributed by atoms with Gasteiger partial charge in [0.05, 0.1) is 23.4 Å². The third-order valence-corrected chi connectivity index (χ3v) is 4.25. The van der Waals surface area contributed by atoms with E-state index in [2.05, 4.69) is 10.3 Å². The summed E-state index contributed by atoms with van der Waals surface area (Å²) in [6, 6.07) is 5.73. The average molecular weight is 354 g/mol. The zero-order chi connectivity index (χ0) is 17.7. The number of nitrogens with zero attached hydrogens (tertiary/aromatic N) is 2. The summed E-state index contributed by atoms with van der Waals surface area (Å²) in [5.41, 5.74) is -0.589. The number of carbonyl (C=O) groups is 1. The molecule has 1 amide bonds. The van der Waals surface area contributed by atoms with Gasteiger partial charge < -0.3 is 5.32 Å². The Hall–Kier alpha value is -2.92. The van der Waals surface area contributed by atoms with Gasteiger partial charge in [-0.3, -0.25) is 19.9 Å². The topological polar surface area (TPSA) is 131 Å². The highest BCUT2D eigenvalue weighted by Crippen LogP contribution is 2.25. The maximum Gasteiger partial charge on any atom is 0.292 e. The molecule has 0 atom stereocenters. The minimum absolute atomic E-state index is 0.332. The van der Waals surface area contributed by atoms with Gasteiger partial charge in [0.2, 0.25) is 5.91 Å². The van der Waals surface area contributed by atoms with Crippen LogP contribution < -0.4 is 10.0 Å². The van der Waals surface area contributed by atoms with Crippen molar-refractivity contribution in [1.82, 2.24) is 9.71 Å². The molecule has 0 saturated carbocycles. The second-order valence-corrected chi connectivity index (χ2v) is 6.16. The van der Waals surface area contributed by atoms with E-state index in [4.69, 9.17) is 0 Å². The molecule has 0 aliphatic heterocycles. The van der Waals surface area contributed by atoms with Crippen LogP contribution in [-0.2, 0) is 14.8 Å². The largest absolute Gasteiger partial charge is 0.324 e. The molecule has 0 saturated heterocycles. The van der Waals surface area contributed by atoms with Crippen LogP contribution in [0.25, 0.3) is 0 Å². The van der Waals surface area contributed by atoms with E-state index < -0.39 is 43.8 Å². The van der Waals surface area contributed by atoms with Gasteiger partial charge in [-0.05, 0) is 18.2 Å². The number of carbonyl (C=O) groups excluding carboxylic acids is 1. The van der Waals surface area contributed by atoms with Crippen molar-refractivity contribution in [2.24, 2.45) is 0 Å². The molecule has 0 bridgehead atoms. The summed E-state index contributed by atoms with van der Waals surface area (Å²) < 4.78 is 39.7. The lowest BCUT2D eigenvalue weighted by Crippen LogP contribution is -2.33. The first-order chi connectivity index (χ1) is 11.3. The molecule has 0 unspecified atom stereocenters. The van der Waals surface area contributed by atoms with Crippen molar-refractivity contribution >= 4 is 27.3 Å². The average Bonchev–Trinajstić information content (AvgIpc) is 2.53. The van der Waals surface area contributed by atoms with Crippen LogP contribution in [0.2, 0.25) is 0 Å². The van der Waals surface area contributed by atoms with Crippen LogP contribution in [0, 0.1) is 15.9 Å². The van der Waals surface area contributed by atoms with E-state index in [0.717, 1.165) is 18.2 Å². The number of rotatable bonds is 6. The number of nitro groups is 1. The van der Waals surface area contributed by atoms with E-state index in [9.17, 15) is 27.7 Å². The third-order valence-electron chi connectivity index (χ3n) is 2.78. The zero-order valence-electron chi connectivity index (χ0n) is 12.0. The number of halogens is 1. The molecule has 0 radical (unpaired) electrons. The molecule has 2 rings (SSSR count). The molecule has 2 aromatic rings. The number of pyridine rings is 1. The van der Waals surface area contributed by atoms with Gasteiger partial charge in [-0.1, -0.05) is 6.07 Å². The fourth-order valence-corrected chi connectivity index (χ4v) is 2.99. The Morgan fingerprint density at radius 2 is 2.04 bits per heavy atom. The molecule has 1 heterocycles. The molecule has 0 spiro atoms. The summed E-state index contributed by atoms with van der Waals surface area (Å²) in [6.45, 7) is -0.733. The van der Waals surface area contributed by atoms with Gasteiger partial charge in [0, 0.05) is 12.3 Å². The molecular formula is C13H11FN4O5S. The number of sulfonamides is 1. The Kier molecular flexibility index (Phi) is 5.16. The standard InChI is InChI=1S/C13H11FN4O5S/c14-10-4-1-5-11(18(20)21)13(10)24(22,23)16-8-12(19)17-9-3-2-6-15-7-9/h1-7,16H,8H2,(H,17,19). The summed E-state index contributed by atoms with van der Waals surface area (Å²) in [4.78, 5) is 24.2. The summed E-state index contributed by atoms with van der Waals surface area (Å²) in [7, 11) is -4.60. The predicted octanol–water partition coefficient (Wildman–Crippen LogP) is 1.05. The van der Waals surface area contributed by atoms with Gasteiger partial charge in [-0.15, -0.1) is 0 Å². The SMILES string of the molecule is O=C(CNS(=O)(=O)c1c(F)cccc1[N+](=O)[O-])Nc1cccnc1. The van der Waals surface area contributed by atoms with E-state index in [0.29, 0.717) is 5.69 Å². The van der Waals surface area contributed by atoms with Crippen molar-refractivity contribution in [2.75, 3.05) is 11.9 Å². The Balaban J connectivity index is 2.15. The van der Waals surface area contributed by atoms with Crippen molar-refractivity contribution < 1.29 is 22.5 Å². The minimum atomic E-state index is -4.60. The first-order valence-electron chi connectivity index (χ1n) is 6.43. The molecule has 126 valence electrons. The monoisotopic (exact) mass is 354 g/mol. The predicted molar refractivity (Wildman–Crippen MR) is 81.1 cm³/mol. The lowest BCUT2D eigenvalue weighted by atomic mass is 10.3. The molecule has 0 aliphatic carbocycles. The molecule has 9 nitrogen and oxygen atoms in total. The van der Waals surface area contributed by atoms with Crippen LogP contribution in [0.4, 0.5) is 15.8 Å². The van der Waals surface area contributed by atoms with Crippen molar-refractivity contribution in [3.8, 4) is 0 Å². The van der Waals surface area contributed by atoms with Crippen LogP contribution in [0.15, 0.2) is 47.6 Å². The van der Waals surface area contributed by atoms with Gasteiger partial charge in [-0.25, -0.2) is 17.5 Å². The number of benzene rings is 1. The Bertz CT molecular complexity index is 873. The number of anilines is 1. The second-order valence-electron chi connectivity index (χ2n) is 4.46. The summed E-state index contributed by atoms with van der Waals surface area (Å²) in [5.74, 6) is -2.03. The fourth-order valence-electron chi connectivity index (χ4n) is 1.78. The molecule has 0 fully saturated rings. The molecule has 24 heavy (non-hydrogen) atoms. The molecule has 1 aromatic heterocycles. The van der Waals surface area contributed by atoms with Gasteiger partial charge in [0.1, 0.15) is 5.82 Å². The lowest BCUT2D eigenvalue weighted by Gasteiger charge is -2.08. The first-order valence-corrected chi connectivity index (χ1v) is 7.92. The number of amides is 1. The minimum Gasteiger partial charge on any atom is -0.324 e. The van der Waals surface area contributed by atoms with E-state index >= 15 is 0 Å². The Morgan fingerprint density at radius 3 is 2.67 bits per heavy atom. The Labute approximate surface area is 135 Å². The Morgan fingerprint density at radius 1 is 1.29 bits per heavy atom. The number of nitrogens with one attached hydrogen (secondary N) is 2. The van der Waals surface area contributed by atoms with Crippen LogP contribution in [-0.4, -0.2) is 30.8 Å². The van der Waals surface area contributed by atoms with Crippen molar-refractivity contribution in [3.05, 3.63) is 58.7 Å². The highest BCUT2D eigenvalue weighted by Gasteiger charge is 2.30. The zero-order valence-corrected chi connectivity index (χ0v) is 12.8. The number of nitro benzene ring substituents is 1. The van der Waals surface area contributed by atoms with Gasteiger partial charge in [0.15, 0.2) is 4.90 Å². The van der Waals surface area contributed by atoms with E-state index in [1.54, 1.807) is 6.07 Å². The van der Waals surface area contributed by atoms with Crippen LogP contribution in [0.5, 0.6) is 0 Å². The summed E-state index contributed by atoms with van der Waals surface area (Å²) in [5, 5.41) is 13.2. The number of hydrogen-bond acceptors (Lipinski definition) is 6. The molecule has 0 aliphatic rings. The van der Waals surface area contributed by atoms with Crippen LogP contribution in [0.1, 0.15) is 0 Å². The van der Waals surface area contributed by atoms with Crippen molar-refractivity contribution in [1.29, 1.82) is 0 Å². The summed E-state index contributed by atoms with van der Waals surface area (Å²) in [6.07, 6.45) is 2.82. The van der Waals surface area contributed by atoms with Gasteiger partial charge >= 0.3 is 0 Å². The van der Waals surface area contributed by atoms with E-state index in [1.165, 1.54) is 18.5 Å². The molecular weight excluding hydrogens is 343 g/mol. The smallest absolute Gasteiger partial charge is 0.292 e. The van der Waals surface area contributed by atoms with Gasteiger partial charge in [0.25, 0.3) is 15.7 Å². The van der Waals surface area contributed by atoms with Crippen molar-refractivity contribution in [2.45, 2.75) is 4.90 Å². The molecule has 1 aromatic carbocycles. The maximum absolute atomic E-state index is 13.7. The van der Waals surface area contributed by atoms with Crippen LogP contribution >= 0.6 is 0 Å². The quantitative estimate of drug-likeness (QED) is 0.589. The first kappa shape index (κ1) is 17.4. The maximum atomic E-state index is 13.7.